The molecule has 0 saturated carbocycles. The van der Waals surface area contributed by atoms with Crippen molar-refractivity contribution in [2.24, 2.45) is 0 Å². The van der Waals surface area contributed by atoms with Crippen molar-refractivity contribution in [3.8, 4) is 0 Å². The molecule has 0 aliphatic rings. The molecule has 0 amide bonds. The average Bonchev–Trinajstić information content (AvgIpc) is 1.88. The summed E-state index contributed by atoms with van der Waals surface area (Å²) in [6, 6.07) is 0. The van der Waals surface area contributed by atoms with Gasteiger partial charge in [-0.3, -0.25) is 4.79 Å². The highest BCUT2D eigenvalue weighted by atomic mass is 32.2. The van der Waals surface area contributed by atoms with Gasteiger partial charge in [0.05, 0.1) is 13.0 Å². The number of hydrogen-bond acceptors (Lipinski definition) is 3. The molecule has 0 aromatic rings. The number of carbonyl (C=O) groups excluding carboxylic acids is 1. The molecule has 0 bridgehead atoms. The average molecular weight is 162 g/mol. The van der Waals surface area contributed by atoms with E-state index in [1.807, 2.05) is 20.1 Å². The van der Waals surface area contributed by atoms with Gasteiger partial charge in [-0.1, -0.05) is 6.92 Å². The van der Waals surface area contributed by atoms with E-state index < -0.39 is 0 Å². The van der Waals surface area contributed by atoms with Crippen LogP contribution in [0.15, 0.2) is 0 Å². The minimum atomic E-state index is -0.0932. The zero-order chi connectivity index (χ0) is 7.98. The fraction of sp³-hybridized carbons (Fsp3) is 0.857. The molecule has 0 radical (unpaired) electrons. The number of esters is 1. The number of ether oxygens (including phenoxy) is 1. The van der Waals surface area contributed by atoms with Crippen LogP contribution in [0.3, 0.4) is 0 Å². The fourth-order valence-electron chi connectivity index (χ4n) is 0.538. The van der Waals surface area contributed by atoms with Crippen molar-refractivity contribution < 1.29 is 9.53 Å². The molecule has 3 heteroatoms. The highest BCUT2D eigenvalue weighted by Gasteiger charge is 2.06. The summed E-state index contributed by atoms with van der Waals surface area (Å²) in [7, 11) is 0. The zero-order valence-electron chi connectivity index (χ0n) is 6.72. The van der Waals surface area contributed by atoms with Gasteiger partial charge in [-0.25, -0.2) is 0 Å². The zero-order valence-corrected chi connectivity index (χ0v) is 7.53. The van der Waals surface area contributed by atoms with Crippen LogP contribution in [0.1, 0.15) is 20.3 Å². The summed E-state index contributed by atoms with van der Waals surface area (Å²) in [5, 5.41) is 0.374. The van der Waals surface area contributed by atoms with Crippen LogP contribution in [-0.2, 0) is 9.53 Å². The second kappa shape index (κ2) is 5.59. The van der Waals surface area contributed by atoms with Gasteiger partial charge in [0.15, 0.2) is 0 Å². The van der Waals surface area contributed by atoms with Crippen molar-refractivity contribution in [2.45, 2.75) is 25.5 Å². The summed E-state index contributed by atoms with van der Waals surface area (Å²) >= 11 is 1.68. The van der Waals surface area contributed by atoms with Gasteiger partial charge in [-0.15, -0.1) is 0 Å². The molecule has 60 valence electrons. The van der Waals surface area contributed by atoms with Crippen LogP contribution in [0.5, 0.6) is 0 Å². The lowest BCUT2D eigenvalue weighted by atomic mass is 10.3. The SMILES string of the molecule is CCOC(=O)C[C@H](C)SC. The van der Waals surface area contributed by atoms with E-state index in [1.54, 1.807) is 11.8 Å². The van der Waals surface area contributed by atoms with Crippen molar-refractivity contribution in [1.29, 1.82) is 0 Å². The number of hydrogen-bond donors (Lipinski definition) is 0. The minimum Gasteiger partial charge on any atom is -0.466 e. The Morgan fingerprint density at radius 1 is 1.70 bits per heavy atom. The molecule has 0 aromatic carbocycles. The Kier molecular flexibility index (Phi) is 5.49. The van der Waals surface area contributed by atoms with Gasteiger partial charge in [-0.05, 0) is 13.2 Å². The van der Waals surface area contributed by atoms with Crippen molar-refractivity contribution in [3.05, 3.63) is 0 Å². The summed E-state index contributed by atoms with van der Waals surface area (Å²) in [4.78, 5) is 10.8. The molecule has 2 nitrogen and oxygen atoms in total. The van der Waals surface area contributed by atoms with Crippen LogP contribution in [0.2, 0.25) is 0 Å². The maximum absolute atomic E-state index is 10.8. The molecule has 0 spiro atoms. The van der Waals surface area contributed by atoms with Crippen LogP contribution < -0.4 is 0 Å². The summed E-state index contributed by atoms with van der Waals surface area (Å²) < 4.78 is 4.76. The summed E-state index contributed by atoms with van der Waals surface area (Å²) in [5.74, 6) is -0.0932. The van der Waals surface area contributed by atoms with Gasteiger partial charge in [-0.2, -0.15) is 11.8 Å². The van der Waals surface area contributed by atoms with Crippen LogP contribution in [0.25, 0.3) is 0 Å². The molecule has 0 aromatic heterocycles. The first-order chi connectivity index (χ1) is 4.70. The predicted octanol–water partition coefficient (Wildman–Crippen LogP) is 1.69. The highest BCUT2D eigenvalue weighted by Crippen LogP contribution is 2.09. The largest absolute Gasteiger partial charge is 0.466 e. The Balaban J connectivity index is 3.37. The van der Waals surface area contributed by atoms with Gasteiger partial charge in [0.1, 0.15) is 0 Å². The van der Waals surface area contributed by atoms with E-state index in [2.05, 4.69) is 0 Å². The molecule has 0 aliphatic heterocycles. The highest BCUT2D eigenvalue weighted by molar-refractivity contribution is 7.99. The predicted molar refractivity (Wildman–Crippen MR) is 44.2 cm³/mol. The summed E-state index contributed by atoms with van der Waals surface area (Å²) in [6.45, 7) is 4.32. The second-order valence-electron chi connectivity index (χ2n) is 2.06. The fourth-order valence-corrected chi connectivity index (χ4v) is 0.841. The normalized spacial score (nSPS) is 12.7. The van der Waals surface area contributed by atoms with E-state index in [4.69, 9.17) is 4.74 Å². The Morgan fingerprint density at radius 3 is 2.70 bits per heavy atom. The first-order valence-electron chi connectivity index (χ1n) is 3.39. The van der Waals surface area contributed by atoms with Crippen molar-refractivity contribution in [2.75, 3.05) is 12.9 Å². The third kappa shape index (κ3) is 4.68. The molecule has 0 aliphatic carbocycles. The van der Waals surface area contributed by atoms with E-state index in [0.29, 0.717) is 18.3 Å². The van der Waals surface area contributed by atoms with Gasteiger partial charge in [0, 0.05) is 5.25 Å². The molecule has 0 unspecified atom stereocenters. The molecule has 0 fully saturated rings. The number of thioether (sulfide) groups is 1. The Morgan fingerprint density at radius 2 is 2.30 bits per heavy atom. The van der Waals surface area contributed by atoms with E-state index in [9.17, 15) is 4.79 Å². The third-order valence-electron chi connectivity index (χ3n) is 1.16. The summed E-state index contributed by atoms with van der Waals surface area (Å²) in [6.07, 6.45) is 2.51. The summed E-state index contributed by atoms with van der Waals surface area (Å²) in [5.41, 5.74) is 0. The van der Waals surface area contributed by atoms with Crippen molar-refractivity contribution in [1.82, 2.24) is 0 Å². The molecular formula is C7H14O2S. The first kappa shape index (κ1) is 9.82. The monoisotopic (exact) mass is 162 g/mol. The molecule has 10 heavy (non-hydrogen) atoms. The Bertz CT molecular complexity index is 104. The second-order valence-corrected chi connectivity index (χ2v) is 3.33. The van der Waals surface area contributed by atoms with E-state index >= 15 is 0 Å². The Hall–Kier alpha value is -0.180. The van der Waals surface area contributed by atoms with Crippen molar-refractivity contribution in [3.63, 3.8) is 0 Å². The van der Waals surface area contributed by atoms with Gasteiger partial charge in [0.2, 0.25) is 0 Å². The minimum absolute atomic E-state index is 0.0932. The van der Waals surface area contributed by atoms with Crippen molar-refractivity contribution >= 4 is 17.7 Å². The number of rotatable bonds is 4. The number of carbonyl (C=O) groups is 1. The smallest absolute Gasteiger partial charge is 0.306 e. The lowest BCUT2D eigenvalue weighted by Gasteiger charge is -2.05. The lowest BCUT2D eigenvalue weighted by Crippen LogP contribution is -2.09. The topological polar surface area (TPSA) is 26.3 Å². The molecule has 1 atom stereocenters. The molecule has 0 heterocycles. The van der Waals surface area contributed by atoms with E-state index in [-0.39, 0.29) is 5.97 Å². The van der Waals surface area contributed by atoms with Crippen LogP contribution >= 0.6 is 11.8 Å². The lowest BCUT2D eigenvalue weighted by molar-refractivity contribution is -0.142. The molecule has 0 saturated heterocycles. The van der Waals surface area contributed by atoms with Gasteiger partial charge < -0.3 is 4.74 Å². The quantitative estimate of drug-likeness (QED) is 0.588. The van der Waals surface area contributed by atoms with Gasteiger partial charge >= 0.3 is 5.97 Å². The van der Waals surface area contributed by atoms with E-state index in [1.165, 1.54) is 0 Å². The van der Waals surface area contributed by atoms with Crippen LogP contribution in [-0.4, -0.2) is 24.1 Å². The third-order valence-corrected chi connectivity index (χ3v) is 2.13. The standard InChI is InChI=1S/C7H14O2S/c1-4-9-7(8)5-6(2)10-3/h6H,4-5H2,1-3H3/t6-/m0/s1. The molecule has 0 N–H and O–H groups in total. The maximum atomic E-state index is 10.8. The Labute approximate surface area is 66.3 Å². The molecule has 0 rings (SSSR count). The van der Waals surface area contributed by atoms with Crippen LogP contribution in [0, 0.1) is 0 Å². The van der Waals surface area contributed by atoms with Crippen LogP contribution in [0.4, 0.5) is 0 Å². The van der Waals surface area contributed by atoms with E-state index in [0.717, 1.165) is 0 Å². The maximum Gasteiger partial charge on any atom is 0.306 e. The first-order valence-corrected chi connectivity index (χ1v) is 4.68. The molecular weight excluding hydrogens is 148 g/mol. The van der Waals surface area contributed by atoms with Gasteiger partial charge in [0.25, 0.3) is 0 Å².